The second-order valence-corrected chi connectivity index (χ2v) is 9.86. The molecule has 14 heteroatoms. The lowest BCUT2D eigenvalue weighted by Gasteiger charge is -2.14. The Labute approximate surface area is 213 Å². The van der Waals surface area contributed by atoms with E-state index in [4.69, 9.17) is 16.3 Å². The van der Waals surface area contributed by atoms with Gasteiger partial charge in [-0.2, -0.15) is 0 Å². The quantitative estimate of drug-likeness (QED) is 0.280. The fourth-order valence-electron chi connectivity index (χ4n) is 3.74. The number of fused-ring (bicyclic) bond motifs is 1. The zero-order chi connectivity index (χ0) is 26.3. The van der Waals surface area contributed by atoms with Crippen molar-refractivity contribution in [3.63, 3.8) is 0 Å². The molecule has 1 aromatic carbocycles. The van der Waals surface area contributed by atoms with Crippen LogP contribution in [-0.4, -0.2) is 45.0 Å². The van der Waals surface area contributed by atoms with Crippen LogP contribution in [0, 0.1) is 11.6 Å². The number of hydrogen-bond donors (Lipinski definition) is 3. The zero-order valence-electron chi connectivity index (χ0n) is 18.9. The molecule has 5 aromatic rings. The van der Waals surface area contributed by atoms with Gasteiger partial charge in [0.25, 0.3) is 10.0 Å². The molecular formula is C23H17ClF2N6O4S. The summed E-state index contributed by atoms with van der Waals surface area (Å²) in [6.07, 6.45) is 5.56. The Morgan fingerprint density at radius 1 is 1.16 bits per heavy atom. The number of rotatable bonds is 7. The Balaban J connectivity index is 1.54. The Kier molecular flexibility index (Phi) is 6.27. The Morgan fingerprint density at radius 2 is 1.97 bits per heavy atom. The predicted molar refractivity (Wildman–Crippen MR) is 131 cm³/mol. The summed E-state index contributed by atoms with van der Waals surface area (Å²) in [7, 11) is -3.18. The van der Waals surface area contributed by atoms with Crippen LogP contribution in [0.15, 0.2) is 60.1 Å². The van der Waals surface area contributed by atoms with Crippen molar-refractivity contribution >= 4 is 32.8 Å². The lowest BCUT2D eigenvalue weighted by Crippen LogP contribution is -2.16. The average molecular weight is 547 g/mol. The number of halogens is 3. The predicted octanol–water partition coefficient (Wildman–Crippen LogP) is 4.02. The molecule has 10 nitrogen and oxygen atoms in total. The summed E-state index contributed by atoms with van der Waals surface area (Å²) in [6, 6.07) is 6.09. The van der Waals surface area contributed by atoms with Gasteiger partial charge in [-0.25, -0.2) is 32.2 Å². The molecule has 0 saturated carbocycles. The minimum Gasteiger partial charge on any atom is -0.480 e. The topological polar surface area (TPSA) is 134 Å². The number of benzene rings is 1. The van der Waals surface area contributed by atoms with Crippen LogP contribution in [0.1, 0.15) is 5.69 Å². The summed E-state index contributed by atoms with van der Waals surface area (Å²) >= 11 is 5.88. The smallest absolute Gasteiger partial charge is 0.267 e. The first-order valence-electron chi connectivity index (χ1n) is 10.5. The average Bonchev–Trinajstić information content (AvgIpc) is 3.52. The molecular weight excluding hydrogens is 530 g/mol. The summed E-state index contributed by atoms with van der Waals surface area (Å²) in [6.45, 7) is -0.220. The van der Waals surface area contributed by atoms with Crippen LogP contribution in [0.5, 0.6) is 5.88 Å². The molecule has 0 radical (unpaired) electrons. The van der Waals surface area contributed by atoms with Crippen molar-refractivity contribution in [2.45, 2.75) is 11.5 Å². The van der Waals surface area contributed by atoms with Crippen LogP contribution in [0.2, 0.25) is 5.02 Å². The Bertz CT molecular complexity index is 1760. The first kappa shape index (κ1) is 24.6. The molecule has 3 N–H and O–H groups in total. The molecule has 0 bridgehead atoms. The number of nitrogens with zero attached hydrogens (tertiary/aromatic N) is 4. The molecule has 0 saturated heterocycles. The number of nitrogens with one attached hydrogen (secondary N) is 2. The molecule has 0 aliphatic heterocycles. The number of anilines is 1. The molecule has 0 aliphatic carbocycles. The van der Waals surface area contributed by atoms with Gasteiger partial charge in [-0.3, -0.25) is 4.72 Å². The molecule has 0 atom stereocenters. The van der Waals surface area contributed by atoms with E-state index < -0.39 is 37.8 Å². The van der Waals surface area contributed by atoms with Crippen LogP contribution in [0.4, 0.5) is 14.5 Å². The maximum absolute atomic E-state index is 15.5. The number of aromatic amines is 1. The second-order valence-electron chi connectivity index (χ2n) is 7.77. The molecule has 0 fully saturated rings. The van der Waals surface area contributed by atoms with Gasteiger partial charge in [-0.15, -0.1) is 0 Å². The molecule has 5 rings (SSSR count). The number of aliphatic hydroxyl groups is 1. The van der Waals surface area contributed by atoms with E-state index in [2.05, 4.69) is 24.7 Å². The van der Waals surface area contributed by atoms with Crippen molar-refractivity contribution in [3.8, 4) is 28.5 Å². The van der Waals surface area contributed by atoms with Crippen molar-refractivity contribution in [1.82, 2.24) is 24.3 Å². The third-order valence-corrected chi connectivity index (χ3v) is 7.01. The van der Waals surface area contributed by atoms with Crippen molar-refractivity contribution < 1.29 is 27.0 Å². The number of imidazole rings is 2. The van der Waals surface area contributed by atoms with Gasteiger partial charge < -0.3 is 19.2 Å². The summed E-state index contributed by atoms with van der Waals surface area (Å²) in [5, 5.41) is 9.27. The van der Waals surface area contributed by atoms with Crippen molar-refractivity contribution in [2.75, 3.05) is 11.8 Å². The number of aromatic nitrogens is 5. The minimum atomic E-state index is -4.40. The summed E-state index contributed by atoms with van der Waals surface area (Å²) < 4.78 is 64.9. The monoisotopic (exact) mass is 546 g/mol. The maximum Gasteiger partial charge on any atom is 0.267 e. The normalized spacial score (nSPS) is 11.7. The van der Waals surface area contributed by atoms with E-state index in [0.717, 1.165) is 18.2 Å². The second kappa shape index (κ2) is 9.42. The number of sulfonamides is 1. The number of H-pyrrole nitrogens is 1. The number of aliphatic hydroxyl groups excluding tert-OH is 1. The van der Waals surface area contributed by atoms with E-state index in [9.17, 15) is 17.9 Å². The molecule has 0 aliphatic rings. The van der Waals surface area contributed by atoms with Gasteiger partial charge in [0.2, 0.25) is 5.88 Å². The maximum atomic E-state index is 15.5. The van der Waals surface area contributed by atoms with E-state index in [1.54, 1.807) is 10.5 Å². The zero-order valence-corrected chi connectivity index (χ0v) is 20.5. The highest BCUT2D eigenvalue weighted by atomic mass is 35.5. The molecule has 0 amide bonds. The van der Waals surface area contributed by atoms with Gasteiger partial charge >= 0.3 is 0 Å². The molecule has 190 valence electrons. The fraction of sp³-hybridized carbons (Fsp3) is 0.0870. The first-order valence-corrected chi connectivity index (χ1v) is 12.4. The lowest BCUT2D eigenvalue weighted by atomic mass is 10.0. The van der Waals surface area contributed by atoms with E-state index >= 15 is 4.39 Å². The van der Waals surface area contributed by atoms with Gasteiger partial charge in [0.05, 0.1) is 47.4 Å². The number of methoxy groups -OCH3 is 1. The van der Waals surface area contributed by atoms with Gasteiger partial charge in [0.15, 0.2) is 16.5 Å². The van der Waals surface area contributed by atoms with E-state index in [1.807, 2.05) is 0 Å². The number of hydrogen-bond acceptors (Lipinski definition) is 7. The van der Waals surface area contributed by atoms with E-state index in [0.29, 0.717) is 22.7 Å². The molecule has 0 unspecified atom stereocenters. The third kappa shape index (κ3) is 4.48. The van der Waals surface area contributed by atoms with E-state index in [1.165, 1.54) is 38.1 Å². The van der Waals surface area contributed by atoms with Crippen LogP contribution < -0.4 is 9.46 Å². The fourth-order valence-corrected chi connectivity index (χ4v) is 5.17. The third-order valence-electron chi connectivity index (χ3n) is 5.45. The Morgan fingerprint density at radius 3 is 2.70 bits per heavy atom. The minimum absolute atomic E-state index is 0.0246. The highest BCUT2D eigenvalue weighted by Crippen LogP contribution is 2.34. The standard InChI is InChI=1S/C23H17ClF2N6O4S/c1-36-23-18(6-13(24)7-28-23)37(34,35)31-16-4-3-15(25)19(20(16)26)12-2-5-17-21(29-11-32(17)9-12)22-27-8-14(10-33)30-22/h2-9,11,31,33H,10H2,1H3,(H,27,30). The summed E-state index contributed by atoms with van der Waals surface area (Å²) in [4.78, 5) is 14.8. The number of pyridine rings is 2. The van der Waals surface area contributed by atoms with Gasteiger partial charge in [0.1, 0.15) is 17.8 Å². The molecule has 37 heavy (non-hydrogen) atoms. The van der Waals surface area contributed by atoms with Crippen LogP contribution >= 0.6 is 11.6 Å². The SMILES string of the molecule is COc1ncc(Cl)cc1S(=O)(=O)Nc1ccc(F)c(-c2ccc3c(-c4ncc(CO)[nH]4)ncn3c2)c1F. The van der Waals surface area contributed by atoms with Crippen LogP contribution in [0.25, 0.3) is 28.2 Å². The first-order chi connectivity index (χ1) is 17.7. The number of ether oxygens (including phenoxy) is 1. The Hall–Kier alpha value is -4.07. The molecule has 4 heterocycles. The highest BCUT2D eigenvalue weighted by Gasteiger charge is 2.25. The van der Waals surface area contributed by atoms with Gasteiger partial charge in [-0.05, 0) is 24.3 Å². The summed E-state index contributed by atoms with van der Waals surface area (Å²) in [5.41, 5.74) is 0.747. The summed E-state index contributed by atoms with van der Waals surface area (Å²) in [5.74, 6) is -1.86. The van der Waals surface area contributed by atoms with Crippen molar-refractivity contribution in [3.05, 3.63) is 77.6 Å². The van der Waals surface area contributed by atoms with Crippen LogP contribution in [-0.2, 0) is 16.6 Å². The highest BCUT2D eigenvalue weighted by molar-refractivity contribution is 7.92. The lowest BCUT2D eigenvalue weighted by molar-refractivity contribution is 0.277. The largest absolute Gasteiger partial charge is 0.480 e. The van der Waals surface area contributed by atoms with Gasteiger partial charge in [0, 0.05) is 18.0 Å². The van der Waals surface area contributed by atoms with Gasteiger partial charge in [-0.1, -0.05) is 17.7 Å². The van der Waals surface area contributed by atoms with Crippen LogP contribution in [0.3, 0.4) is 0 Å². The van der Waals surface area contributed by atoms with Crippen molar-refractivity contribution in [2.24, 2.45) is 0 Å². The molecule has 0 spiro atoms. The van der Waals surface area contributed by atoms with Crippen molar-refractivity contribution in [1.29, 1.82) is 0 Å². The van der Waals surface area contributed by atoms with E-state index in [-0.39, 0.29) is 23.1 Å². The molecule has 4 aromatic heterocycles.